The molecule has 0 heterocycles. The van der Waals surface area contributed by atoms with Crippen LogP contribution in [0.2, 0.25) is 0 Å². The summed E-state index contributed by atoms with van der Waals surface area (Å²) < 4.78 is 10.4. The van der Waals surface area contributed by atoms with Crippen LogP contribution in [0, 0.1) is 5.92 Å². The molecule has 0 bridgehead atoms. The third-order valence-corrected chi connectivity index (χ3v) is 2.82. The molecular formula is C12H14O3. The standard InChI is InChI=1S/C12H14O3/c1-14-10-3-8(4-11(6-10)15-2)12-5-9(12)7-13/h3-4,6-7,9,12H,5H2,1-2H3/t9-,12+/m0/s1. The summed E-state index contributed by atoms with van der Waals surface area (Å²) in [6.07, 6.45) is 1.97. The predicted molar refractivity (Wildman–Crippen MR) is 56.5 cm³/mol. The molecule has 15 heavy (non-hydrogen) atoms. The summed E-state index contributed by atoms with van der Waals surface area (Å²) in [5.41, 5.74) is 1.13. The Balaban J connectivity index is 2.27. The Labute approximate surface area is 89.0 Å². The summed E-state index contributed by atoms with van der Waals surface area (Å²) >= 11 is 0. The van der Waals surface area contributed by atoms with Gasteiger partial charge in [-0.15, -0.1) is 0 Å². The number of hydrogen-bond acceptors (Lipinski definition) is 3. The van der Waals surface area contributed by atoms with Crippen molar-refractivity contribution in [2.24, 2.45) is 5.92 Å². The first-order chi connectivity index (χ1) is 7.28. The maximum atomic E-state index is 10.6. The van der Waals surface area contributed by atoms with E-state index in [9.17, 15) is 4.79 Å². The molecule has 1 aliphatic rings. The lowest BCUT2D eigenvalue weighted by molar-refractivity contribution is -0.108. The van der Waals surface area contributed by atoms with Gasteiger partial charge in [-0.2, -0.15) is 0 Å². The quantitative estimate of drug-likeness (QED) is 0.707. The molecule has 0 aromatic heterocycles. The molecule has 80 valence electrons. The summed E-state index contributed by atoms with van der Waals surface area (Å²) in [5.74, 6) is 2.09. The number of benzene rings is 1. The molecule has 0 amide bonds. The van der Waals surface area contributed by atoms with Gasteiger partial charge in [0, 0.05) is 12.0 Å². The van der Waals surface area contributed by atoms with Gasteiger partial charge in [0.1, 0.15) is 17.8 Å². The van der Waals surface area contributed by atoms with Crippen molar-refractivity contribution < 1.29 is 14.3 Å². The minimum atomic E-state index is 0.182. The van der Waals surface area contributed by atoms with Gasteiger partial charge < -0.3 is 14.3 Å². The average molecular weight is 206 g/mol. The maximum absolute atomic E-state index is 10.6. The zero-order valence-electron chi connectivity index (χ0n) is 8.90. The van der Waals surface area contributed by atoms with E-state index in [1.807, 2.05) is 18.2 Å². The van der Waals surface area contributed by atoms with Crippen LogP contribution in [-0.4, -0.2) is 20.5 Å². The van der Waals surface area contributed by atoms with E-state index in [1.165, 1.54) is 0 Å². The van der Waals surface area contributed by atoms with E-state index in [0.29, 0.717) is 5.92 Å². The number of ether oxygens (including phenoxy) is 2. The Morgan fingerprint density at radius 3 is 2.20 bits per heavy atom. The third kappa shape index (κ3) is 1.96. The number of hydrogen-bond donors (Lipinski definition) is 0. The lowest BCUT2D eigenvalue weighted by atomic mass is 10.1. The Morgan fingerprint density at radius 2 is 1.80 bits per heavy atom. The van der Waals surface area contributed by atoms with Crippen molar-refractivity contribution in [1.82, 2.24) is 0 Å². The minimum Gasteiger partial charge on any atom is -0.497 e. The van der Waals surface area contributed by atoms with Gasteiger partial charge in [-0.3, -0.25) is 0 Å². The lowest BCUT2D eigenvalue weighted by Gasteiger charge is -2.07. The molecule has 3 heteroatoms. The highest BCUT2D eigenvalue weighted by Crippen LogP contribution is 2.47. The summed E-state index contributed by atoms with van der Waals surface area (Å²) in [5, 5.41) is 0. The van der Waals surface area contributed by atoms with Crippen molar-refractivity contribution >= 4 is 6.29 Å². The molecule has 2 rings (SSSR count). The number of aldehydes is 1. The normalized spacial score (nSPS) is 23.3. The van der Waals surface area contributed by atoms with Crippen LogP contribution in [-0.2, 0) is 4.79 Å². The topological polar surface area (TPSA) is 35.5 Å². The summed E-state index contributed by atoms with van der Waals surface area (Å²) in [7, 11) is 3.26. The molecule has 1 fully saturated rings. The highest BCUT2D eigenvalue weighted by Gasteiger charge is 2.38. The molecule has 1 aromatic carbocycles. The number of methoxy groups -OCH3 is 2. The zero-order chi connectivity index (χ0) is 10.8. The van der Waals surface area contributed by atoms with Crippen molar-refractivity contribution in [2.45, 2.75) is 12.3 Å². The highest BCUT2D eigenvalue weighted by molar-refractivity contribution is 5.62. The fraction of sp³-hybridized carbons (Fsp3) is 0.417. The molecular weight excluding hydrogens is 192 g/mol. The van der Waals surface area contributed by atoms with Gasteiger partial charge in [0.05, 0.1) is 14.2 Å². The SMILES string of the molecule is COc1cc(OC)cc([C@H]2C[C@H]2C=O)c1. The first-order valence-electron chi connectivity index (χ1n) is 4.96. The monoisotopic (exact) mass is 206 g/mol. The predicted octanol–water partition coefficient (Wildman–Crippen LogP) is 2.01. The molecule has 1 aromatic rings. The molecule has 0 unspecified atom stereocenters. The molecule has 0 aliphatic heterocycles. The minimum absolute atomic E-state index is 0.182. The summed E-state index contributed by atoms with van der Waals surface area (Å²) in [6.45, 7) is 0. The van der Waals surface area contributed by atoms with E-state index in [1.54, 1.807) is 14.2 Å². The van der Waals surface area contributed by atoms with E-state index >= 15 is 0 Å². The molecule has 0 saturated heterocycles. The van der Waals surface area contributed by atoms with Crippen molar-refractivity contribution in [3.8, 4) is 11.5 Å². The smallest absolute Gasteiger partial charge is 0.123 e. The highest BCUT2D eigenvalue weighted by atomic mass is 16.5. The van der Waals surface area contributed by atoms with E-state index < -0.39 is 0 Å². The van der Waals surface area contributed by atoms with Gasteiger partial charge in [-0.05, 0) is 30.0 Å². The first kappa shape index (κ1) is 10.0. The second-order valence-corrected chi connectivity index (χ2v) is 3.79. The van der Waals surface area contributed by atoms with Gasteiger partial charge in [0.15, 0.2) is 0 Å². The van der Waals surface area contributed by atoms with Gasteiger partial charge in [0.25, 0.3) is 0 Å². The van der Waals surface area contributed by atoms with Crippen LogP contribution in [0.5, 0.6) is 11.5 Å². The third-order valence-electron chi connectivity index (χ3n) is 2.82. The molecule has 0 N–H and O–H groups in total. The Kier molecular flexibility index (Phi) is 2.62. The van der Waals surface area contributed by atoms with E-state index in [0.717, 1.165) is 29.8 Å². The van der Waals surface area contributed by atoms with E-state index in [-0.39, 0.29) is 5.92 Å². The van der Waals surface area contributed by atoms with Crippen molar-refractivity contribution in [3.05, 3.63) is 23.8 Å². The lowest BCUT2D eigenvalue weighted by Crippen LogP contribution is -1.91. The van der Waals surface area contributed by atoms with Gasteiger partial charge >= 0.3 is 0 Å². The molecule has 0 radical (unpaired) electrons. The summed E-state index contributed by atoms with van der Waals surface area (Å²) in [4.78, 5) is 10.6. The van der Waals surface area contributed by atoms with Gasteiger partial charge in [0.2, 0.25) is 0 Å². The molecule has 1 aliphatic carbocycles. The van der Waals surface area contributed by atoms with Crippen molar-refractivity contribution in [3.63, 3.8) is 0 Å². The van der Waals surface area contributed by atoms with Crippen LogP contribution >= 0.6 is 0 Å². The van der Waals surface area contributed by atoms with Crippen LogP contribution in [0.4, 0.5) is 0 Å². The van der Waals surface area contributed by atoms with Gasteiger partial charge in [-0.25, -0.2) is 0 Å². The number of carbonyl (C=O) groups excluding carboxylic acids is 1. The molecule has 3 nitrogen and oxygen atoms in total. The fourth-order valence-corrected chi connectivity index (χ4v) is 1.79. The summed E-state index contributed by atoms with van der Waals surface area (Å²) in [6, 6.07) is 5.77. The zero-order valence-corrected chi connectivity index (χ0v) is 8.90. The number of rotatable bonds is 4. The van der Waals surface area contributed by atoms with Crippen LogP contribution < -0.4 is 9.47 Å². The Bertz CT molecular complexity index is 351. The van der Waals surface area contributed by atoms with Crippen molar-refractivity contribution in [1.29, 1.82) is 0 Å². The largest absolute Gasteiger partial charge is 0.497 e. The second-order valence-electron chi connectivity index (χ2n) is 3.79. The van der Waals surface area contributed by atoms with Crippen LogP contribution in [0.25, 0.3) is 0 Å². The van der Waals surface area contributed by atoms with Crippen LogP contribution in [0.1, 0.15) is 17.9 Å². The molecule has 2 atom stereocenters. The second kappa shape index (κ2) is 3.93. The Hall–Kier alpha value is -1.51. The molecule has 1 saturated carbocycles. The molecule has 0 spiro atoms. The van der Waals surface area contributed by atoms with Crippen LogP contribution in [0.15, 0.2) is 18.2 Å². The fourth-order valence-electron chi connectivity index (χ4n) is 1.79. The van der Waals surface area contributed by atoms with Crippen molar-refractivity contribution in [2.75, 3.05) is 14.2 Å². The van der Waals surface area contributed by atoms with E-state index in [2.05, 4.69) is 0 Å². The van der Waals surface area contributed by atoms with Gasteiger partial charge in [-0.1, -0.05) is 0 Å². The van der Waals surface area contributed by atoms with E-state index in [4.69, 9.17) is 9.47 Å². The van der Waals surface area contributed by atoms with Crippen LogP contribution in [0.3, 0.4) is 0 Å². The number of carbonyl (C=O) groups is 1. The Morgan fingerprint density at radius 1 is 1.20 bits per heavy atom. The first-order valence-corrected chi connectivity index (χ1v) is 4.96. The maximum Gasteiger partial charge on any atom is 0.123 e. The average Bonchev–Trinajstić information content (AvgIpc) is 3.07.